The normalized spacial score (nSPS) is 10.9. The number of fused-ring (bicyclic) bond motifs is 1. The van der Waals surface area contributed by atoms with E-state index in [9.17, 15) is 9.18 Å². The fourth-order valence-corrected chi connectivity index (χ4v) is 1.67. The Hall–Kier alpha value is -1.71. The molecule has 3 nitrogen and oxygen atoms in total. The number of rotatable bonds is 2. The molecular weight excluding hydrogens is 207 g/mol. The first-order valence-corrected chi connectivity index (χ1v) is 5.31. The topological polar surface area (TPSA) is 45.8 Å². The molecule has 0 unspecified atom stereocenters. The van der Waals surface area contributed by atoms with Gasteiger partial charge in [-0.1, -0.05) is 6.92 Å². The molecule has 0 spiro atoms. The van der Waals surface area contributed by atoms with Crippen LogP contribution in [0.2, 0.25) is 0 Å². The molecule has 1 N–H and O–H groups in total. The van der Waals surface area contributed by atoms with Gasteiger partial charge >= 0.3 is 0 Å². The van der Waals surface area contributed by atoms with Gasteiger partial charge in [-0.3, -0.25) is 4.79 Å². The van der Waals surface area contributed by atoms with E-state index in [1.165, 1.54) is 12.1 Å². The van der Waals surface area contributed by atoms with Gasteiger partial charge in [0.1, 0.15) is 11.6 Å². The van der Waals surface area contributed by atoms with Crippen LogP contribution >= 0.6 is 0 Å². The van der Waals surface area contributed by atoms with Crippen molar-refractivity contribution in [2.45, 2.75) is 26.7 Å². The molecule has 0 aliphatic carbocycles. The highest BCUT2D eigenvalue weighted by molar-refractivity contribution is 5.78. The molecule has 1 aromatic carbocycles. The van der Waals surface area contributed by atoms with Crippen LogP contribution in [0.1, 0.15) is 24.7 Å². The van der Waals surface area contributed by atoms with Crippen LogP contribution in [0.5, 0.6) is 0 Å². The highest BCUT2D eigenvalue weighted by atomic mass is 19.1. The van der Waals surface area contributed by atoms with Crippen LogP contribution in [0, 0.1) is 12.7 Å². The van der Waals surface area contributed by atoms with Crippen molar-refractivity contribution in [3.05, 3.63) is 39.7 Å². The second-order valence-corrected chi connectivity index (χ2v) is 3.88. The molecule has 0 saturated carbocycles. The van der Waals surface area contributed by atoms with E-state index in [0.717, 1.165) is 6.42 Å². The summed E-state index contributed by atoms with van der Waals surface area (Å²) in [6, 6.07) is 2.85. The number of halogens is 1. The smallest absolute Gasteiger partial charge is 0.258 e. The molecule has 84 valence electrons. The minimum absolute atomic E-state index is 0.198. The van der Waals surface area contributed by atoms with Gasteiger partial charge < -0.3 is 4.98 Å². The van der Waals surface area contributed by atoms with E-state index >= 15 is 0 Å². The fourth-order valence-electron chi connectivity index (χ4n) is 1.67. The Morgan fingerprint density at radius 3 is 2.88 bits per heavy atom. The van der Waals surface area contributed by atoms with Gasteiger partial charge in [0.25, 0.3) is 5.56 Å². The minimum Gasteiger partial charge on any atom is -0.310 e. The molecule has 2 aromatic rings. The Labute approximate surface area is 92.3 Å². The van der Waals surface area contributed by atoms with Gasteiger partial charge in [-0.15, -0.1) is 0 Å². The first-order valence-electron chi connectivity index (χ1n) is 5.31. The number of hydrogen-bond acceptors (Lipinski definition) is 2. The summed E-state index contributed by atoms with van der Waals surface area (Å²) < 4.78 is 13.3. The number of hydrogen-bond donors (Lipinski definition) is 1. The summed E-state index contributed by atoms with van der Waals surface area (Å²) in [6.45, 7) is 3.63. The summed E-state index contributed by atoms with van der Waals surface area (Å²) in [7, 11) is 0. The molecule has 4 heteroatoms. The summed E-state index contributed by atoms with van der Waals surface area (Å²) in [6.07, 6.45) is 1.59. The third-order valence-electron chi connectivity index (χ3n) is 2.52. The van der Waals surface area contributed by atoms with Crippen LogP contribution < -0.4 is 5.56 Å². The Kier molecular flexibility index (Phi) is 2.73. The van der Waals surface area contributed by atoms with E-state index in [2.05, 4.69) is 9.97 Å². The van der Waals surface area contributed by atoms with Crippen LogP contribution in [0.25, 0.3) is 10.9 Å². The van der Waals surface area contributed by atoms with Crippen molar-refractivity contribution in [2.75, 3.05) is 0 Å². The minimum atomic E-state index is -0.326. The quantitative estimate of drug-likeness (QED) is 0.844. The SMILES string of the molecule is CCCc1nc2cc(F)c(C)cc2c(=O)[nH]1. The monoisotopic (exact) mass is 220 g/mol. The largest absolute Gasteiger partial charge is 0.310 e. The lowest BCUT2D eigenvalue weighted by Gasteiger charge is -2.03. The number of H-pyrrole nitrogens is 1. The number of benzene rings is 1. The van der Waals surface area contributed by atoms with Gasteiger partial charge in [0, 0.05) is 12.5 Å². The van der Waals surface area contributed by atoms with E-state index in [4.69, 9.17) is 0 Å². The van der Waals surface area contributed by atoms with E-state index in [-0.39, 0.29) is 11.4 Å². The molecule has 1 heterocycles. The van der Waals surface area contributed by atoms with Crippen molar-refractivity contribution in [2.24, 2.45) is 0 Å². The highest BCUT2D eigenvalue weighted by Crippen LogP contribution is 2.14. The summed E-state index contributed by atoms with van der Waals surface area (Å²) in [5.74, 6) is 0.288. The maximum Gasteiger partial charge on any atom is 0.258 e. The second-order valence-electron chi connectivity index (χ2n) is 3.88. The zero-order chi connectivity index (χ0) is 11.7. The molecule has 0 aliphatic rings. The summed E-state index contributed by atoms with van der Waals surface area (Å²) in [5, 5.41) is 0.443. The van der Waals surface area contributed by atoms with Crippen LogP contribution in [-0.4, -0.2) is 9.97 Å². The third kappa shape index (κ3) is 1.83. The van der Waals surface area contributed by atoms with Crippen LogP contribution in [-0.2, 0) is 6.42 Å². The first kappa shape index (κ1) is 10.8. The van der Waals surface area contributed by atoms with Gasteiger partial charge in [-0.05, 0) is 25.0 Å². The van der Waals surface area contributed by atoms with E-state index in [1.54, 1.807) is 6.92 Å². The average Bonchev–Trinajstić information content (AvgIpc) is 2.22. The number of nitrogens with zero attached hydrogens (tertiary/aromatic N) is 1. The Bertz CT molecular complexity index is 589. The number of aromatic nitrogens is 2. The lowest BCUT2D eigenvalue weighted by molar-refractivity contribution is 0.620. The first-order chi connectivity index (χ1) is 7.61. The fraction of sp³-hybridized carbons (Fsp3) is 0.333. The summed E-state index contributed by atoms with van der Waals surface area (Å²) in [5.41, 5.74) is 0.690. The van der Waals surface area contributed by atoms with Crippen LogP contribution in [0.15, 0.2) is 16.9 Å². The second kappa shape index (κ2) is 4.04. The van der Waals surface area contributed by atoms with Gasteiger partial charge in [0.05, 0.1) is 10.9 Å². The van der Waals surface area contributed by atoms with Gasteiger partial charge in [-0.25, -0.2) is 9.37 Å². The van der Waals surface area contributed by atoms with Crippen LogP contribution in [0.3, 0.4) is 0 Å². The molecule has 0 atom stereocenters. The lowest BCUT2D eigenvalue weighted by atomic mass is 10.1. The van der Waals surface area contributed by atoms with Crippen molar-refractivity contribution >= 4 is 10.9 Å². The predicted octanol–water partition coefficient (Wildman–Crippen LogP) is 2.32. The third-order valence-corrected chi connectivity index (χ3v) is 2.52. The summed E-state index contributed by atoms with van der Waals surface area (Å²) in [4.78, 5) is 18.7. The molecule has 1 aromatic heterocycles. The van der Waals surface area contributed by atoms with Crippen molar-refractivity contribution in [1.29, 1.82) is 0 Å². The van der Waals surface area contributed by atoms with Crippen molar-refractivity contribution in [3.8, 4) is 0 Å². The molecule has 0 amide bonds. The molecule has 2 rings (SSSR count). The summed E-state index contributed by atoms with van der Waals surface area (Å²) >= 11 is 0. The highest BCUT2D eigenvalue weighted by Gasteiger charge is 2.06. The maximum atomic E-state index is 13.3. The van der Waals surface area contributed by atoms with Crippen LogP contribution in [0.4, 0.5) is 4.39 Å². The van der Waals surface area contributed by atoms with Gasteiger partial charge in [-0.2, -0.15) is 0 Å². The van der Waals surface area contributed by atoms with Crippen molar-refractivity contribution in [1.82, 2.24) is 9.97 Å². The molecule has 0 radical (unpaired) electrons. The Morgan fingerprint density at radius 2 is 2.19 bits per heavy atom. The number of aryl methyl sites for hydroxylation is 2. The van der Waals surface area contributed by atoms with Gasteiger partial charge in [0.2, 0.25) is 0 Å². The van der Waals surface area contributed by atoms with E-state index < -0.39 is 0 Å². The average molecular weight is 220 g/mol. The van der Waals surface area contributed by atoms with E-state index in [0.29, 0.717) is 28.7 Å². The lowest BCUT2D eigenvalue weighted by Crippen LogP contribution is -2.12. The van der Waals surface area contributed by atoms with Gasteiger partial charge in [0.15, 0.2) is 0 Å². The molecule has 0 fully saturated rings. The zero-order valence-corrected chi connectivity index (χ0v) is 9.30. The standard InChI is InChI=1S/C12H13FN2O/c1-3-4-11-14-10-6-9(13)7(2)5-8(10)12(16)15-11/h5-6H,3-4H2,1-2H3,(H,14,15,16). The predicted molar refractivity (Wildman–Crippen MR) is 61.1 cm³/mol. The molecule has 0 saturated heterocycles. The molecular formula is C12H13FN2O. The van der Waals surface area contributed by atoms with Crippen molar-refractivity contribution in [3.63, 3.8) is 0 Å². The number of nitrogens with one attached hydrogen (secondary N) is 1. The molecule has 16 heavy (non-hydrogen) atoms. The Balaban J connectivity index is 2.72. The molecule has 0 bridgehead atoms. The Morgan fingerprint density at radius 1 is 1.44 bits per heavy atom. The zero-order valence-electron chi connectivity index (χ0n) is 9.30. The van der Waals surface area contributed by atoms with Crippen molar-refractivity contribution < 1.29 is 4.39 Å². The number of aromatic amines is 1. The van der Waals surface area contributed by atoms with E-state index in [1.807, 2.05) is 6.92 Å². The maximum absolute atomic E-state index is 13.3. The molecule has 0 aliphatic heterocycles.